The lowest BCUT2D eigenvalue weighted by Gasteiger charge is -2.40. The van der Waals surface area contributed by atoms with Gasteiger partial charge in [-0.05, 0) is 61.5 Å². The molecule has 0 aliphatic heterocycles. The van der Waals surface area contributed by atoms with Gasteiger partial charge in [0.05, 0.1) is 6.04 Å². The lowest BCUT2D eigenvalue weighted by molar-refractivity contribution is 0.163. The third kappa shape index (κ3) is 5.65. The van der Waals surface area contributed by atoms with Crippen molar-refractivity contribution in [3.63, 3.8) is 0 Å². The molecule has 0 amide bonds. The van der Waals surface area contributed by atoms with E-state index in [0.29, 0.717) is 12.1 Å². The van der Waals surface area contributed by atoms with Crippen molar-refractivity contribution in [3.8, 4) is 0 Å². The maximum absolute atomic E-state index is 5.35. The minimum absolute atomic E-state index is 0.530. The molecule has 0 heterocycles. The zero-order valence-corrected chi connectivity index (χ0v) is 18.4. The molecular formula is C22H42N2S. The molecular weight excluding hydrogens is 324 g/mol. The number of nitrogens with one attached hydrogen (secondary N) is 1. The van der Waals surface area contributed by atoms with Crippen LogP contribution in [0.15, 0.2) is 4.99 Å². The van der Waals surface area contributed by atoms with Crippen LogP contribution in [0.25, 0.3) is 0 Å². The third-order valence-electron chi connectivity index (χ3n) is 6.87. The Morgan fingerprint density at radius 1 is 1.08 bits per heavy atom. The number of thioether (sulfide) groups is 1. The monoisotopic (exact) mass is 366 g/mol. The first-order chi connectivity index (χ1) is 12.0. The normalized spacial score (nSPS) is 37.3. The van der Waals surface area contributed by atoms with Crippen molar-refractivity contribution >= 4 is 16.9 Å². The number of nitrogens with zero attached hydrogens (tertiary/aromatic N) is 1. The van der Waals surface area contributed by atoms with E-state index >= 15 is 0 Å². The van der Waals surface area contributed by atoms with Gasteiger partial charge in [0, 0.05) is 6.04 Å². The van der Waals surface area contributed by atoms with Crippen molar-refractivity contribution < 1.29 is 0 Å². The Balaban J connectivity index is 2.13. The summed E-state index contributed by atoms with van der Waals surface area (Å²) in [5.74, 6) is 3.98. The largest absolute Gasteiger partial charge is 0.362 e. The Hall–Kier alpha value is -0.180. The van der Waals surface area contributed by atoms with E-state index < -0.39 is 0 Å². The third-order valence-corrected chi connectivity index (χ3v) is 7.48. The van der Waals surface area contributed by atoms with E-state index in [1.165, 1.54) is 56.5 Å². The number of rotatable bonds is 5. The highest BCUT2D eigenvalue weighted by molar-refractivity contribution is 8.13. The van der Waals surface area contributed by atoms with Crippen molar-refractivity contribution in [3.05, 3.63) is 0 Å². The number of aliphatic imine (C=N–C) groups is 1. The highest BCUT2D eigenvalue weighted by Gasteiger charge is 2.35. The molecule has 0 aromatic rings. The zero-order valence-electron chi connectivity index (χ0n) is 17.6. The summed E-state index contributed by atoms with van der Waals surface area (Å²) in [6.45, 7) is 11.9. The lowest BCUT2D eigenvalue weighted by atomic mass is 9.70. The zero-order chi connectivity index (χ0) is 18.4. The number of hydrogen-bond acceptors (Lipinski definition) is 2. The van der Waals surface area contributed by atoms with Crippen molar-refractivity contribution in [1.29, 1.82) is 0 Å². The summed E-state index contributed by atoms with van der Waals surface area (Å²) in [5.41, 5.74) is 0. The Kier molecular flexibility index (Phi) is 8.64. The van der Waals surface area contributed by atoms with E-state index in [0.717, 1.165) is 29.6 Å². The van der Waals surface area contributed by atoms with Gasteiger partial charge in [-0.2, -0.15) is 0 Å². The first kappa shape index (κ1) is 21.1. The summed E-state index contributed by atoms with van der Waals surface area (Å²) in [7, 11) is 0. The standard InChI is InChI=1S/C22H42N2S/c1-7-17-13-16(5)14-18(8-2)21(17)24-22(25-6)23-20-12-10-9-11-19(20)15(3)4/h15-21H,7-14H2,1-6H3,(H,23,24). The van der Waals surface area contributed by atoms with Crippen LogP contribution in [0.3, 0.4) is 0 Å². The molecule has 2 aliphatic rings. The topological polar surface area (TPSA) is 24.4 Å². The molecule has 2 saturated carbocycles. The Bertz CT molecular complexity index is 406. The molecule has 0 spiro atoms. The van der Waals surface area contributed by atoms with Crippen LogP contribution >= 0.6 is 11.8 Å². The molecule has 3 heteroatoms. The molecule has 25 heavy (non-hydrogen) atoms. The first-order valence-corrected chi connectivity index (χ1v) is 12.1. The van der Waals surface area contributed by atoms with Crippen LogP contribution in [-0.4, -0.2) is 23.5 Å². The van der Waals surface area contributed by atoms with Gasteiger partial charge in [0.25, 0.3) is 0 Å². The van der Waals surface area contributed by atoms with Gasteiger partial charge in [0.15, 0.2) is 5.17 Å². The predicted octanol–water partition coefficient (Wildman–Crippen LogP) is 6.36. The summed E-state index contributed by atoms with van der Waals surface area (Å²) in [5, 5.41) is 5.11. The van der Waals surface area contributed by atoms with E-state index in [1.807, 2.05) is 11.8 Å². The molecule has 0 saturated heterocycles. The van der Waals surface area contributed by atoms with E-state index in [4.69, 9.17) is 4.99 Å². The second kappa shape index (κ2) is 10.2. The molecule has 1 N–H and O–H groups in total. The van der Waals surface area contributed by atoms with Gasteiger partial charge in [0.1, 0.15) is 0 Å². The van der Waals surface area contributed by atoms with E-state index in [9.17, 15) is 0 Å². The van der Waals surface area contributed by atoms with Gasteiger partial charge >= 0.3 is 0 Å². The van der Waals surface area contributed by atoms with Gasteiger partial charge in [-0.15, -0.1) is 0 Å². The van der Waals surface area contributed by atoms with Gasteiger partial charge < -0.3 is 5.32 Å². The quantitative estimate of drug-likeness (QED) is 0.452. The summed E-state index contributed by atoms with van der Waals surface area (Å²) < 4.78 is 0. The fourth-order valence-electron chi connectivity index (χ4n) is 5.40. The fraction of sp³-hybridized carbons (Fsp3) is 0.955. The van der Waals surface area contributed by atoms with E-state index in [-0.39, 0.29) is 0 Å². The summed E-state index contributed by atoms with van der Waals surface area (Å²) >= 11 is 1.84. The van der Waals surface area contributed by atoms with E-state index in [2.05, 4.69) is 46.2 Å². The maximum atomic E-state index is 5.35. The van der Waals surface area contributed by atoms with Crippen LogP contribution in [0.1, 0.15) is 86.0 Å². The second-order valence-corrected chi connectivity index (χ2v) is 9.78. The van der Waals surface area contributed by atoms with Gasteiger partial charge in [-0.25, -0.2) is 0 Å². The Labute approximate surface area is 161 Å². The van der Waals surface area contributed by atoms with Crippen molar-refractivity contribution in [2.75, 3.05) is 6.26 Å². The number of amidine groups is 1. The van der Waals surface area contributed by atoms with Gasteiger partial charge in [-0.1, -0.05) is 72.1 Å². The molecule has 2 rings (SSSR count). The van der Waals surface area contributed by atoms with Gasteiger partial charge in [0.2, 0.25) is 0 Å². The smallest absolute Gasteiger partial charge is 0.156 e. The van der Waals surface area contributed by atoms with E-state index in [1.54, 1.807) is 0 Å². The second-order valence-electron chi connectivity index (χ2n) is 8.99. The van der Waals surface area contributed by atoms with Crippen LogP contribution in [0.2, 0.25) is 0 Å². The molecule has 2 aliphatic carbocycles. The minimum Gasteiger partial charge on any atom is -0.362 e. The minimum atomic E-state index is 0.530. The summed E-state index contributed by atoms with van der Waals surface area (Å²) in [6, 6.07) is 1.16. The molecule has 146 valence electrons. The van der Waals surface area contributed by atoms with Crippen LogP contribution in [0.4, 0.5) is 0 Å². The molecule has 0 bridgehead atoms. The lowest BCUT2D eigenvalue weighted by Crippen LogP contribution is -2.44. The van der Waals surface area contributed by atoms with Crippen LogP contribution in [0.5, 0.6) is 0 Å². The van der Waals surface area contributed by atoms with Crippen LogP contribution in [-0.2, 0) is 0 Å². The van der Waals surface area contributed by atoms with Crippen molar-refractivity contribution in [2.24, 2.45) is 34.6 Å². The molecule has 2 nitrogen and oxygen atoms in total. The first-order valence-electron chi connectivity index (χ1n) is 10.9. The Morgan fingerprint density at radius 2 is 1.68 bits per heavy atom. The molecule has 0 aromatic carbocycles. The highest BCUT2D eigenvalue weighted by Crippen LogP contribution is 2.39. The van der Waals surface area contributed by atoms with Crippen LogP contribution in [0, 0.1) is 29.6 Å². The number of hydrogen-bond donors (Lipinski definition) is 1. The molecule has 0 aromatic heterocycles. The van der Waals surface area contributed by atoms with Gasteiger partial charge in [-0.3, -0.25) is 4.99 Å². The average Bonchev–Trinajstić information content (AvgIpc) is 2.61. The molecule has 4 unspecified atom stereocenters. The molecule has 0 radical (unpaired) electrons. The fourth-order valence-corrected chi connectivity index (χ4v) is 5.90. The average molecular weight is 367 g/mol. The van der Waals surface area contributed by atoms with Crippen molar-refractivity contribution in [1.82, 2.24) is 5.32 Å². The molecule has 4 atom stereocenters. The van der Waals surface area contributed by atoms with Crippen LogP contribution < -0.4 is 5.32 Å². The summed E-state index contributed by atoms with van der Waals surface area (Å²) in [6.07, 6.45) is 12.9. The highest BCUT2D eigenvalue weighted by atomic mass is 32.2. The predicted molar refractivity (Wildman–Crippen MR) is 114 cm³/mol. The summed E-state index contributed by atoms with van der Waals surface area (Å²) in [4.78, 5) is 5.35. The Morgan fingerprint density at radius 3 is 2.20 bits per heavy atom. The maximum Gasteiger partial charge on any atom is 0.156 e. The SMILES string of the molecule is CCC1CC(C)CC(CC)C1N=C(NC1CCCCC1C(C)C)SC. The molecule has 2 fully saturated rings. The van der Waals surface area contributed by atoms with Crippen molar-refractivity contribution in [2.45, 2.75) is 98.1 Å².